The summed E-state index contributed by atoms with van der Waals surface area (Å²) in [6.07, 6.45) is -2.73. The van der Waals surface area contributed by atoms with Crippen LogP contribution in [-0.2, 0) is 4.79 Å². The predicted molar refractivity (Wildman–Crippen MR) is 55.0 cm³/mol. The zero-order chi connectivity index (χ0) is 13.8. The molecule has 0 fully saturated rings. The first-order chi connectivity index (χ1) is 8.41. The van der Waals surface area contributed by atoms with Crippen LogP contribution in [0.3, 0.4) is 0 Å². The molecule has 0 spiro atoms. The normalized spacial score (nSPS) is 12.6. The number of nitriles is 1. The topological polar surface area (TPSA) is 57.2 Å². The third-order valence-electron chi connectivity index (χ3n) is 2.08. The lowest BCUT2D eigenvalue weighted by Crippen LogP contribution is -2.43. The second-order valence-electron chi connectivity index (χ2n) is 3.29. The van der Waals surface area contributed by atoms with Gasteiger partial charge in [0.2, 0.25) is 0 Å². The Labute approximate surface area is 101 Å². The molecule has 1 aromatic heterocycles. The van der Waals surface area contributed by atoms with Gasteiger partial charge in [-0.2, -0.15) is 18.4 Å². The molecule has 0 aliphatic heterocycles. The summed E-state index contributed by atoms with van der Waals surface area (Å²) >= 11 is 0. The molecule has 1 rings (SSSR count). The minimum atomic E-state index is -5.05. The summed E-state index contributed by atoms with van der Waals surface area (Å²) < 4.78 is 42.0. The van der Waals surface area contributed by atoms with Gasteiger partial charge >= 0.3 is 12.1 Å². The van der Waals surface area contributed by atoms with Gasteiger partial charge in [-0.1, -0.05) is 6.08 Å². The first kappa shape index (κ1) is 13.8. The van der Waals surface area contributed by atoms with Crippen molar-refractivity contribution in [1.82, 2.24) is 4.90 Å². The van der Waals surface area contributed by atoms with Crippen molar-refractivity contribution in [3.63, 3.8) is 0 Å². The van der Waals surface area contributed by atoms with Crippen molar-refractivity contribution in [2.75, 3.05) is 6.54 Å². The van der Waals surface area contributed by atoms with Crippen LogP contribution in [-0.4, -0.2) is 23.5 Å². The number of halogens is 3. The lowest BCUT2D eigenvalue weighted by Gasteiger charge is -2.25. The number of nitrogens with zero attached hydrogens (tertiary/aromatic N) is 2. The first-order valence-corrected chi connectivity index (χ1v) is 4.83. The van der Waals surface area contributed by atoms with Crippen molar-refractivity contribution in [2.24, 2.45) is 0 Å². The van der Waals surface area contributed by atoms with Crippen LogP contribution >= 0.6 is 0 Å². The average Bonchev–Trinajstić information content (AvgIpc) is 2.80. The van der Waals surface area contributed by atoms with E-state index in [1.807, 2.05) is 0 Å². The van der Waals surface area contributed by atoms with Gasteiger partial charge < -0.3 is 9.32 Å². The third kappa shape index (κ3) is 2.91. The highest BCUT2D eigenvalue weighted by Crippen LogP contribution is 2.26. The van der Waals surface area contributed by atoms with Crippen molar-refractivity contribution in [2.45, 2.75) is 12.2 Å². The van der Waals surface area contributed by atoms with Gasteiger partial charge in [0.25, 0.3) is 0 Å². The number of hydrogen-bond donors (Lipinski definition) is 0. The molecule has 1 amide bonds. The van der Waals surface area contributed by atoms with E-state index in [0.717, 1.165) is 6.08 Å². The standard InChI is InChI=1S/C11H9F3N2O2/c1-2-5-16(10(17)11(12,13)14)8(7-15)9-4-3-6-18-9/h2-4,6,8H,1,5H2. The van der Waals surface area contributed by atoms with Crippen LogP contribution in [0.15, 0.2) is 35.5 Å². The minimum absolute atomic E-state index is 0.0306. The number of furan rings is 1. The summed E-state index contributed by atoms with van der Waals surface area (Å²) in [5, 5.41) is 8.90. The van der Waals surface area contributed by atoms with E-state index in [1.165, 1.54) is 18.4 Å². The SMILES string of the molecule is C=CCN(C(=O)C(F)(F)F)C(C#N)c1ccco1. The van der Waals surface area contributed by atoms with E-state index in [2.05, 4.69) is 6.58 Å². The summed E-state index contributed by atoms with van der Waals surface area (Å²) in [5.74, 6) is -2.14. The highest BCUT2D eigenvalue weighted by Gasteiger charge is 2.45. The highest BCUT2D eigenvalue weighted by atomic mass is 19.4. The number of carbonyl (C=O) groups is 1. The summed E-state index contributed by atoms with van der Waals surface area (Å²) in [6.45, 7) is 2.86. The second-order valence-corrected chi connectivity index (χ2v) is 3.29. The van der Waals surface area contributed by atoms with E-state index in [1.54, 1.807) is 6.07 Å². The maximum Gasteiger partial charge on any atom is 0.471 e. The molecule has 1 unspecified atom stereocenters. The van der Waals surface area contributed by atoms with E-state index in [-0.39, 0.29) is 5.76 Å². The molecule has 7 heteroatoms. The molecular weight excluding hydrogens is 249 g/mol. The van der Waals surface area contributed by atoms with Crippen LogP contribution < -0.4 is 0 Å². The number of carbonyl (C=O) groups excluding carboxylic acids is 1. The molecule has 1 aromatic rings. The monoisotopic (exact) mass is 258 g/mol. The van der Waals surface area contributed by atoms with Gasteiger partial charge in [-0.3, -0.25) is 4.79 Å². The first-order valence-electron chi connectivity index (χ1n) is 4.83. The number of rotatable bonds is 4. The van der Waals surface area contributed by atoms with Crippen LogP contribution in [0.2, 0.25) is 0 Å². The molecule has 0 bridgehead atoms. The van der Waals surface area contributed by atoms with Crippen LogP contribution in [0.1, 0.15) is 11.8 Å². The third-order valence-corrected chi connectivity index (χ3v) is 2.08. The average molecular weight is 258 g/mol. The van der Waals surface area contributed by atoms with Gasteiger partial charge in [-0.05, 0) is 12.1 Å². The lowest BCUT2D eigenvalue weighted by molar-refractivity contribution is -0.186. The van der Waals surface area contributed by atoms with Gasteiger partial charge in [0.05, 0.1) is 12.3 Å². The summed E-state index contributed by atoms with van der Waals surface area (Å²) in [6, 6.07) is 2.92. The molecule has 18 heavy (non-hydrogen) atoms. The van der Waals surface area contributed by atoms with Crippen LogP contribution in [0, 0.1) is 11.3 Å². The molecule has 0 aliphatic carbocycles. The Kier molecular flexibility index (Phi) is 4.15. The van der Waals surface area contributed by atoms with E-state index < -0.39 is 24.7 Å². The zero-order valence-corrected chi connectivity index (χ0v) is 9.15. The van der Waals surface area contributed by atoms with Crippen LogP contribution in [0.4, 0.5) is 13.2 Å². The molecule has 0 saturated carbocycles. The molecule has 1 heterocycles. The maximum atomic E-state index is 12.4. The van der Waals surface area contributed by atoms with Gasteiger partial charge in [-0.15, -0.1) is 6.58 Å². The number of amides is 1. The summed E-state index contributed by atoms with van der Waals surface area (Å²) in [5.41, 5.74) is 0. The van der Waals surface area contributed by atoms with Crippen molar-refractivity contribution in [3.05, 3.63) is 36.8 Å². The largest absolute Gasteiger partial charge is 0.471 e. The fourth-order valence-corrected chi connectivity index (χ4v) is 1.34. The Hall–Kier alpha value is -2.23. The van der Waals surface area contributed by atoms with Crippen molar-refractivity contribution in [1.29, 1.82) is 5.26 Å². The second kappa shape index (κ2) is 5.40. The zero-order valence-electron chi connectivity index (χ0n) is 9.15. The van der Waals surface area contributed by atoms with Gasteiger partial charge in [-0.25, -0.2) is 0 Å². The van der Waals surface area contributed by atoms with Gasteiger partial charge in [0.1, 0.15) is 5.76 Å². The van der Waals surface area contributed by atoms with E-state index in [9.17, 15) is 18.0 Å². The van der Waals surface area contributed by atoms with Gasteiger partial charge in [0, 0.05) is 6.54 Å². The molecular formula is C11H9F3N2O2. The molecule has 96 valence electrons. The Morgan fingerprint density at radius 3 is 2.72 bits per heavy atom. The number of alkyl halides is 3. The maximum absolute atomic E-state index is 12.4. The molecule has 1 atom stereocenters. The van der Waals surface area contributed by atoms with Crippen molar-refractivity contribution < 1.29 is 22.4 Å². The Morgan fingerprint density at radius 2 is 2.33 bits per heavy atom. The summed E-state index contributed by atoms with van der Waals surface area (Å²) in [7, 11) is 0. The lowest BCUT2D eigenvalue weighted by atomic mass is 10.2. The summed E-state index contributed by atoms with van der Waals surface area (Å²) in [4.78, 5) is 11.6. The number of hydrogen-bond acceptors (Lipinski definition) is 3. The molecule has 0 aliphatic rings. The fraction of sp³-hybridized carbons (Fsp3) is 0.273. The molecule has 0 N–H and O–H groups in total. The van der Waals surface area contributed by atoms with Crippen molar-refractivity contribution >= 4 is 5.91 Å². The van der Waals surface area contributed by atoms with Crippen LogP contribution in [0.5, 0.6) is 0 Å². The van der Waals surface area contributed by atoms with E-state index >= 15 is 0 Å². The molecule has 0 aromatic carbocycles. The quantitative estimate of drug-likeness (QED) is 0.779. The predicted octanol–water partition coefficient (Wildman–Crippen LogP) is 2.42. The van der Waals surface area contributed by atoms with Crippen LogP contribution in [0.25, 0.3) is 0 Å². The van der Waals surface area contributed by atoms with E-state index in [4.69, 9.17) is 9.68 Å². The minimum Gasteiger partial charge on any atom is -0.466 e. The molecule has 0 radical (unpaired) electrons. The van der Waals surface area contributed by atoms with E-state index in [0.29, 0.717) is 4.90 Å². The van der Waals surface area contributed by atoms with Crippen molar-refractivity contribution in [3.8, 4) is 6.07 Å². The Balaban J connectivity index is 3.08. The fourth-order valence-electron chi connectivity index (χ4n) is 1.34. The highest BCUT2D eigenvalue weighted by molar-refractivity contribution is 5.82. The smallest absolute Gasteiger partial charge is 0.466 e. The molecule has 0 saturated heterocycles. The molecule has 4 nitrogen and oxygen atoms in total. The Morgan fingerprint density at radius 1 is 1.67 bits per heavy atom. The van der Waals surface area contributed by atoms with Gasteiger partial charge in [0.15, 0.2) is 6.04 Å². The Bertz CT molecular complexity index is 460.